The van der Waals surface area contributed by atoms with Crippen molar-refractivity contribution in [2.24, 2.45) is 5.92 Å². The molecule has 0 saturated heterocycles. The summed E-state index contributed by atoms with van der Waals surface area (Å²) in [7, 11) is 9.78. The Bertz CT molecular complexity index is 747. The minimum absolute atomic E-state index is 0.556. The van der Waals surface area contributed by atoms with Crippen LogP contribution in [0, 0.1) is 18.1 Å². The summed E-state index contributed by atoms with van der Waals surface area (Å²) in [4.78, 5) is 0. The van der Waals surface area contributed by atoms with Crippen LogP contribution in [0.1, 0.15) is 38.8 Å². The van der Waals surface area contributed by atoms with E-state index >= 15 is 0 Å². The van der Waals surface area contributed by atoms with Gasteiger partial charge < -0.3 is 0 Å². The Hall–Kier alpha value is -0.786. The molecule has 0 amide bonds. The number of benzene rings is 2. The molecule has 4 rings (SSSR count). The Labute approximate surface area is 168 Å². The predicted molar refractivity (Wildman–Crippen MR) is 105 cm³/mol. The van der Waals surface area contributed by atoms with Gasteiger partial charge in [-0.25, -0.2) is 5.57 Å². The van der Waals surface area contributed by atoms with Crippen LogP contribution in [0.2, 0.25) is 0 Å². The number of halogens is 2. The third kappa shape index (κ3) is 5.11. The molecule has 25 heavy (non-hydrogen) atoms. The molecule has 0 radical (unpaired) electrons. The number of hydrogen-bond donors (Lipinski definition) is 0. The van der Waals surface area contributed by atoms with Crippen LogP contribution in [0.5, 0.6) is 0 Å². The number of fused-ring (bicyclic) bond motifs is 3. The smallest absolute Gasteiger partial charge is 0.0253 e. The summed E-state index contributed by atoms with van der Waals surface area (Å²) in [6.07, 6.45) is 4.41. The van der Waals surface area contributed by atoms with Crippen molar-refractivity contribution in [3.8, 4) is 11.1 Å². The van der Waals surface area contributed by atoms with E-state index in [0.717, 1.165) is 6.42 Å². The van der Waals surface area contributed by atoms with Crippen molar-refractivity contribution < 1.29 is 17.0 Å². The van der Waals surface area contributed by atoms with Gasteiger partial charge in [0.25, 0.3) is 0 Å². The van der Waals surface area contributed by atoms with Gasteiger partial charge in [-0.2, -0.15) is 41.0 Å². The van der Waals surface area contributed by atoms with Crippen LogP contribution < -0.4 is 0 Å². The van der Waals surface area contributed by atoms with Crippen LogP contribution >= 0.6 is 18.6 Å². The first kappa shape index (κ1) is 20.5. The number of rotatable bonds is 0. The summed E-state index contributed by atoms with van der Waals surface area (Å²) in [6.45, 7) is 8.67. The van der Waals surface area contributed by atoms with Crippen LogP contribution in [0.3, 0.4) is 0 Å². The third-order valence-corrected chi connectivity index (χ3v) is 4.85. The molecule has 2 aliphatic rings. The molecule has 2 aliphatic carbocycles. The molecule has 0 fully saturated rings. The van der Waals surface area contributed by atoms with Gasteiger partial charge in [-0.05, 0) is 6.42 Å². The largest absolute Gasteiger partial charge is 0.179 e. The second-order valence-electron chi connectivity index (χ2n) is 6.27. The normalized spacial score (nSPS) is 16.7. The second kappa shape index (κ2) is 9.79. The second-order valence-corrected chi connectivity index (χ2v) is 8.85. The van der Waals surface area contributed by atoms with E-state index in [2.05, 4.69) is 76.2 Å². The molecule has 1 atom stereocenters. The van der Waals surface area contributed by atoms with Crippen molar-refractivity contribution in [2.75, 3.05) is 0 Å². The molecule has 0 bridgehead atoms. The fourth-order valence-electron chi connectivity index (χ4n) is 3.16. The predicted octanol–water partition coefficient (Wildman–Crippen LogP) is 7.16. The quantitative estimate of drug-likeness (QED) is 0.275. The first-order valence-electron chi connectivity index (χ1n) is 8.31. The van der Waals surface area contributed by atoms with Crippen LogP contribution in [-0.2, 0) is 23.5 Å². The van der Waals surface area contributed by atoms with Gasteiger partial charge in [0, 0.05) is 0 Å². The molecule has 0 heterocycles. The maximum absolute atomic E-state index is 4.89. The molecule has 3 heteroatoms. The van der Waals surface area contributed by atoms with E-state index in [-0.39, 0.29) is 0 Å². The van der Waals surface area contributed by atoms with Gasteiger partial charge in [0.05, 0.1) is 0 Å². The van der Waals surface area contributed by atoms with E-state index in [1.165, 1.54) is 39.0 Å². The van der Waals surface area contributed by atoms with Gasteiger partial charge in [-0.1, -0.05) is 62.1 Å². The van der Waals surface area contributed by atoms with Gasteiger partial charge >= 0.3 is 35.6 Å². The summed E-state index contributed by atoms with van der Waals surface area (Å²) < 4.78 is 0. The molecule has 0 aromatic heterocycles. The standard InChI is InChI=1S/C13H9.C9H13.2ClH.Ti/c1-3-7-12-10(5-1)9-11-6-2-4-8-13(11)12;1-6-5-7(2)9(4)8(6)3;;;/h1-5,7-8H,9H2;6H,1-4H3;2*1H;/q2*-1;;;+2/p-2. The molecule has 0 nitrogen and oxygen atoms in total. The molecular weight excluding hydrogens is 383 g/mol. The molecule has 0 aliphatic heterocycles. The average molecular weight is 405 g/mol. The first-order valence-corrected chi connectivity index (χ1v) is 12.6. The van der Waals surface area contributed by atoms with E-state index in [4.69, 9.17) is 18.6 Å². The van der Waals surface area contributed by atoms with Crippen LogP contribution in [0.15, 0.2) is 59.2 Å². The Balaban J connectivity index is 0.000000165. The van der Waals surface area contributed by atoms with Gasteiger partial charge in [0.1, 0.15) is 0 Å². The molecule has 130 valence electrons. The maximum atomic E-state index is 4.89. The fourth-order valence-corrected chi connectivity index (χ4v) is 3.16. The van der Waals surface area contributed by atoms with Crippen molar-refractivity contribution in [1.82, 2.24) is 0 Å². The summed E-state index contributed by atoms with van der Waals surface area (Å²) in [5.41, 5.74) is 9.76. The Morgan fingerprint density at radius 1 is 1.00 bits per heavy atom. The minimum Gasteiger partial charge on any atom is -0.179 e. The summed E-state index contributed by atoms with van der Waals surface area (Å²) in [6, 6.07) is 18.1. The van der Waals surface area contributed by atoms with Gasteiger partial charge in [-0.15, -0.1) is 12.5 Å². The van der Waals surface area contributed by atoms with Gasteiger partial charge in [-0.3, -0.25) is 6.08 Å². The summed E-state index contributed by atoms with van der Waals surface area (Å²) >= 11 is -0.556. The van der Waals surface area contributed by atoms with E-state index in [0.29, 0.717) is 5.92 Å². The maximum Gasteiger partial charge on any atom is -0.0253 e. The van der Waals surface area contributed by atoms with Crippen LogP contribution in [0.4, 0.5) is 0 Å². The van der Waals surface area contributed by atoms with Crippen LogP contribution in [-0.4, -0.2) is 0 Å². The topological polar surface area (TPSA) is 0 Å². The zero-order chi connectivity index (χ0) is 18.4. The molecule has 0 N–H and O–H groups in total. The van der Waals surface area contributed by atoms with Crippen molar-refractivity contribution in [1.29, 1.82) is 0 Å². The van der Waals surface area contributed by atoms with Crippen molar-refractivity contribution in [3.63, 3.8) is 0 Å². The van der Waals surface area contributed by atoms with Crippen molar-refractivity contribution >= 4 is 18.6 Å². The molecule has 2 aromatic carbocycles. The Kier molecular flexibility index (Phi) is 8.03. The van der Waals surface area contributed by atoms with E-state index in [9.17, 15) is 0 Å². The van der Waals surface area contributed by atoms with Crippen molar-refractivity contribution in [3.05, 3.63) is 82.5 Å². The minimum atomic E-state index is -0.556. The summed E-state index contributed by atoms with van der Waals surface area (Å²) in [5, 5.41) is 0. The Morgan fingerprint density at radius 2 is 1.64 bits per heavy atom. The molecular formula is C22H22Cl2Ti-2. The zero-order valence-corrected chi connectivity index (χ0v) is 18.2. The van der Waals surface area contributed by atoms with Gasteiger partial charge in [0.15, 0.2) is 0 Å². The first-order chi connectivity index (χ1) is 12.0. The third-order valence-electron chi connectivity index (χ3n) is 4.85. The monoisotopic (exact) mass is 404 g/mol. The summed E-state index contributed by atoms with van der Waals surface area (Å²) in [5.74, 6) is 0.560. The molecule has 0 saturated carbocycles. The van der Waals surface area contributed by atoms with E-state index in [1.54, 1.807) is 0 Å². The molecule has 1 unspecified atom stereocenters. The van der Waals surface area contributed by atoms with Crippen molar-refractivity contribution in [2.45, 2.75) is 34.1 Å². The van der Waals surface area contributed by atoms with E-state index in [1.807, 2.05) is 6.07 Å². The van der Waals surface area contributed by atoms with E-state index < -0.39 is 17.0 Å². The molecule has 0 spiro atoms. The number of allylic oxidation sites excluding steroid dienone is 4. The van der Waals surface area contributed by atoms with Crippen LogP contribution in [0.25, 0.3) is 11.1 Å². The molecule has 2 aromatic rings. The Morgan fingerprint density at radius 3 is 2.20 bits per heavy atom. The van der Waals surface area contributed by atoms with Gasteiger partial charge in [0.2, 0.25) is 0 Å². The zero-order valence-electron chi connectivity index (χ0n) is 15.1. The fraction of sp³-hybridized carbons (Fsp3) is 0.273. The SMILES string of the molecule is CC1=[C-]C(C)C(C)=C1C.[Cl][Ti][Cl].[c-]1cccc2c1Cc1ccccc1-2. The average Bonchev–Trinajstić information content (AvgIpc) is 3.09. The number of hydrogen-bond acceptors (Lipinski definition) is 0.